The molecule has 0 unspecified atom stereocenters. The first-order chi connectivity index (χ1) is 8.15. The highest BCUT2D eigenvalue weighted by Crippen LogP contribution is 2.31. The first-order valence-electron chi connectivity index (χ1n) is 4.71. The van der Waals surface area contributed by atoms with Crippen molar-refractivity contribution in [3.63, 3.8) is 0 Å². The van der Waals surface area contributed by atoms with E-state index in [0.717, 1.165) is 6.07 Å². The quantitative estimate of drug-likeness (QED) is 0.881. The van der Waals surface area contributed by atoms with Crippen molar-refractivity contribution < 1.29 is 18.0 Å². The molecule has 0 amide bonds. The van der Waals surface area contributed by atoms with Crippen molar-refractivity contribution >= 4 is 0 Å². The Hall–Kier alpha value is -2.02. The summed E-state index contributed by atoms with van der Waals surface area (Å²) in [5.41, 5.74) is 5.37. The number of hydrogen-bond donors (Lipinski definition) is 1. The van der Waals surface area contributed by atoms with Crippen LogP contribution in [-0.4, -0.2) is 17.3 Å². The predicted octanol–water partition coefficient (Wildman–Crippen LogP) is 1.48. The summed E-state index contributed by atoms with van der Waals surface area (Å²) in [4.78, 5) is 3.87. The molecule has 0 aliphatic rings. The zero-order valence-corrected chi connectivity index (χ0v) is 8.91. The summed E-state index contributed by atoms with van der Waals surface area (Å²) in [6.45, 7) is 0.0487. The van der Waals surface area contributed by atoms with Crippen LogP contribution in [-0.2, 0) is 6.54 Å². The first kappa shape index (κ1) is 11.5. The van der Waals surface area contributed by atoms with Crippen LogP contribution >= 0.6 is 0 Å². The highest BCUT2D eigenvalue weighted by atomic mass is 19.1. The summed E-state index contributed by atoms with van der Waals surface area (Å²) >= 11 is 0. The molecule has 0 spiro atoms. The van der Waals surface area contributed by atoms with Crippen molar-refractivity contribution in [3.05, 3.63) is 29.7 Å². The zero-order valence-electron chi connectivity index (χ0n) is 8.91. The number of halogens is 2. The van der Waals surface area contributed by atoms with Gasteiger partial charge in [0, 0.05) is 6.07 Å². The van der Waals surface area contributed by atoms with E-state index in [1.165, 1.54) is 7.11 Å². The van der Waals surface area contributed by atoms with Crippen LogP contribution < -0.4 is 10.5 Å². The van der Waals surface area contributed by atoms with E-state index >= 15 is 0 Å². The van der Waals surface area contributed by atoms with Gasteiger partial charge in [-0.1, -0.05) is 5.16 Å². The Morgan fingerprint density at radius 2 is 2.18 bits per heavy atom. The average Bonchev–Trinajstić information content (AvgIpc) is 2.76. The molecule has 7 heteroatoms. The van der Waals surface area contributed by atoms with E-state index in [0.29, 0.717) is 6.07 Å². The molecular formula is C10H9F2N3O2. The van der Waals surface area contributed by atoms with Crippen molar-refractivity contribution in [2.24, 2.45) is 5.73 Å². The normalized spacial score (nSPS) is 10.6. The second kappa shape index (κ2) is 4.46. The molecule has 0 saturated carbocycles. The van der Waals surface area contributed by atoms with Crippen LogP contribution in [0.15, 0.2) is 16.7 Å². The van der Waals surface area contributed by atoms with Crippen molar-refractivity contribution in [2.45, 2.75) is 6.54 Å². The molecule has 2 rings (SSSR count). The van der Waals surface area contributed by atoms with Crippen LogP contribution in [0.3, 0.4) is 0 Å². The smallest absolute Gasteiger partial charge is 0.240 e. The molecule has 1 aromatic carbocycles. The van der Waals surface area contributed by atoms with E-state index in [1.54, 1.807) is 0 Å². The number of hydrogen-bond acceptors (Lipinski definition) is 5. The van der Waals surface area contributed by atoms with Gasteiger partial charge in [-0.05, 0) is 6.07 Å². The molecule has 5 nitrogen and oxygen atoms in total. The van der Waals surface area contributed by atoms with Gasteiger partial charge in [0.15, 0.2) is 11.6 Å². The molecule has 0 fully saturated rings. The number of nitrogens with two attached hydrogens (primary N) is 1. The average molecular weight is 241 g/mol. The van der Waals surface area contributed by atoms with Gasteiger partial charge >= 0.3 is 0 Å². The second-order valence-electron chi connectivity index (χ2n) is 3.18. The molecular weight excluding hydrogens is 232 g/mol. The fourth-order valence-electron chi connectivity index (χ4n) is 1.38. The summed E-state index contributed by atoms with van der Waals surface area (Å²) in [5, 5.41) is 3.57. The van der Waals surface area contributed by atoms with Gasteiger partial charge in [0.05, 0.1) is 19.2 Å². The molecule has 2 aromatic rings. The van der Waals surface area contributed by atoms with E-state index in [4.69, 9.17) is 15.0 Å². The van der Waals surface area contributed by atoms with Gasteiger partial charge < -0.3 is 15.0 Å². The van der Waals surface area contributed by atoms with Gasteiger partial charge in [0.25, 0.3) is 0 Å². The fourth-order valence-corrected chi connectivity index (χ4v) is 1.38. The lowest BCUT2D eigenvalue weighted by atomic mass is 10.1. The molecule has 1 aromatic heterocycles. The predicted molar refractivity (Wildman–Crippen MR) is 54.1 cm³/mol. The van der Waals surface area contributed by atoms with E-state index < -0.39 is 11.6 Å². The maximum absolute atomic E-state index is 13.4. The van der Waals surface area contributed by atoms with Crippen molar-refractivity contribution in [1.82, 2.24) is 10.1 Å². The first-order valence-corrected chi connectivity index (χ1v) is 4.71. The number of benzene rings is 1. The van der Waals surface area contributed by atoms with Crippen LogP contribution in [0.25, 0.3) is 11.4 Å². The number of ether oxygens (including phenoxy) is 1. The Bertz CT molecular complexity index is 542. The molecule has 0 saturated heterocycles. The van der Waals surface area contributed by atoms with Crippen molar-refractivity contribution in [2.75, 3.05) is 7.11 Å². The summed E-state index contributed by atoms with van der Waals surface area (Å²) in [6, 6.07) is 1.78. The monoisotopic (exact) mass is 241 g/mol. The van der Waals surface area contributed by atoms with Crippen LogP contribution in [0.1, 0.15) is 5.89 Å². The van der Waals surface area contributed by atoms with Crippen LogP contribution in [0.5, 0.6) is 5.75 Å². The minimum atomic E-state index is -0.832. The largest absolute Gasteiger partial charge is 0.493 e. The van der Waals surface area contributed by atoms with Gasteiger partial charge in [-0.15, -0.1) is 0 Å². The molecule has 0 aliphatic heterocycles. The second-order valence-corrected chi connectivity index (χ2v) is 3.18. The SMILES string of the molecule is COc1c(F)cc(F)cc1-c1noc(CN)n1. The summed E-state index contributed by atoms with van der Waals surface area (Å²) in [7, 11) is 1.27. The highest BCUT2D eigenvalue weighted by molar-refractivity contribution is 5.64. The Balaban J connectivity index is 2.57. The topological polar surface area (TPSA) is 74.2 Å². The van der Waals surface area contributed by atoms with Crippen LogP contribution in [0, 0.1) is 11.6 Å². The number of nitrogens with zero attached hydrogens (tertiary/aromatic N) is 2. The molecule has 2 N–H and O–H groups in total. The van der Waals surface area contributed by atoms with Gasteiger partial charge in [-0.2, -0.15) is 4.98 Å². The number of rotatable bonds is 3. The lowest BCUT2D eigenvalue weighted by Crippen LogP contribution is -1.97. The van der Waals surface area contributed by atoms with E-state index in [1.807, 2.05) is 0 Å². The van der Waals surface area contributed by atoms with Crippen LogP contribution in [0.4, 0.5) is 8.78 Å². The number of aromatic nitrogens is 2. The molecule has 0 atom stereocenters. The Labute approximate surface area is 95.2 Å². The molecule has 1 heterocycles. The summed E-state index contributed by atoms with van der Waals surface area (Å²) < 4.78 is 36.1. The van der Waals surface area contributed by atoms with Gasteiger partial charge in [-0.3, -0.25) is 0 Å². The maximum atomic E-state index is 13.4. The Kier molecular flexibility index (Phi) is 3.01. The Morgan fingerprint density at radius 3 is 2.76 bits per heavy atom. The third kappa shape index (κ3) is 2.09. The summed E-state index contributed by atoms with van der Waals surface area (Å²) in [5.74, 6) is -1.53. The third-order valence-corrected chi connectivity index (χ3v) is 2.10. The number of methoxy groups -OCH3 is 1. The molecule has 0 radical (unpaired) electrons. The van der Waals surface area contributed by atoms with Crippen molar-refractivity contribution in [3.8, 4) is 17.1 Å². The lowest BCUT2D eigenvalue weighted by molar-refractivity contribution is 0.376. The zero-order chi connectivity index (χ0) is 12.4. The van der Waals surface area contributed by atoms with E-state index in [9.17, 15) is 8.78 Å². The minimum absolute atomic E-state index is 0.0284. The van der Waals surface area contributed by atoms with Gasteiger partial charge in [0.1, 0.15) is 5.82 Å². The molecule has 17 heavy (non-hydrogen) atoms. The van der Waals surface area contributed by atoms with Crippen LogP contribution in [0.2, 0.25) is 0 Å². The fraction of sp³-hybridized carbons (Fsp3) is 0.200. The Morgan fingerprint density at radius 1 is 1.41 bits per heavy atom. The van der Waals surface area contributed by atoms with Crippen molar-refractivity contribution in [1.29, 1.82) is 0 Å². The molecule has 0 bridgehead atoms. The highest BCUT2D eigenvalue weighted by Gasteiger charge is 2.18. The minimum Gasteiger partial charge on any atom is -0.493 e. The van der Waals surface area contributed by atoms with Gasteiger partial charge in [0.2, 0.25) is 11.7 Å². The van der Waals surface area contributed by atoms with Gasteiger partial charge in [-0.25, -0.2) is 8.78 Å². The standard InChI is InChI=1S/C10H9F2N3O2/c1-16-9-6(2-5(11)3-7(9)12)10-14-8(4-13)17-15-10/h2-3H,4,13H2,1H3. The summed E-state index contributed by atoms with van der Waals surface area (Å²) in [6.07, 6.45) is 0. The van der Waals surface area contributed by atoms with E-state index in [-0.39, 0.29) is 29.6 Å². The molecule has 90 valence electrons. The molecule has 0 aliphatic carbocycles. The lowest BCUT2D eigenvalue weighted by Gasteiger charge is -2.06. The van der Waals surface area contributed by atoms with E-state index in [2.05, 4.69) is 10.1 Å². The maximum Gasteiger partial charge on any atom is 0.240 e. The third-order valence-electron chi connectivity index (χ3n) is 2.10.